The summed E-state index contributed by atoms with van der Waals surface area (Å²) in [5.41, 5.74) is 7.09. The van der Waals surface area contributed by atoms with E-state index in [1.54, 1.807) is 18.2 Å². The van der Waals surface area contributed by atoms with E-state index in [4.69, 9.17) is 15.9 Å². The van der Waals surface area contributed by atoms with Crippen LogP contribution in [0.2, 0.25) is 0 Å². The smallest absolute Gasteiger partial charge is 0.280 e. The van der Waals surface area contributed by atoms with E-state index >= 15 is 0 Å². The van der Waals surface area contributed by atoms with Crippen LogP contribution < -0.4 is 16.0 Å². The zero-order valence-electron chi connectivity index (χ0n) is 16.4. The number of benzene rings is 2. The molecule has 3 aromatic rings. The first-order valence-corrected chi connectivity index (χ1v) is 10.1. The number of nitrogens with one attached hydrogen (secondary N) is 1. The fourth-order valence-electron chi connectivity index (χ4n) is 2.99. The number of nitro groups is 1. The second-order valence-corrected chi connectivity index (χ2v) is 7.44. The van der Waals surface area contributed by atoms with Gasteiger partial charge in [0.1, 0.15) is 16.3 Å². The quantitative estimate of drug-likeness (QED) is 0.210. The monoisotopic (exact) mass is 443 g/mol. The average Bonchev–Trinajstić information content (AvgIpc) is 3.13. The lowest BCUT2D eigenvalue weighted by Crippen LogP contribution is -2.29. The molecule has 0 spiro atoms. The van der Waals surface area contributed by atoms with E-state index in [9.17, 15) is 14.9 Å². The largest absolute Gasteiger partial charge is 0.395 e. The van der Waals surface area contributed by atoms with Crippen LogP contribution >= 0.6 is 11.3 Å². The van der Waals surface area contributed by atoms with Crippen molar-refractivity contribution in [1.82, 2.24) is 4.98 Å². The molecule has 5 N–H and O–H groups in total. The predicted octanol–water partition coefficient (Wildman–Crippen LogP) is 2.40. The molecule has 0 atom stereocenters. The molecule has 0 aliphatic rings. The zero-order valence-corrected chi connectivity index (χ0v) is 17.2. The number of nitro benzene ring substituents is 1. The molecule has 0 saturated heterocycles. The van der Waals surface area contributed by atoms with Gasteiger partial charge in [-0.2, -0.15) is 0 Å². The van der Waals surface area contributed by atoms with Crippen molar-refractivity contribution < 1.29 is 19.9 Å². The van der Waals surface area contributed by atoms with Gasteiger partial charge < -0.3 is 26.2 Å². The highest BCUT2D eigenvalue weighted by Crippen LogP contribution is 2.32. The third-order valence-corrected chi connectivity index (χ3v) is 5.41. The average molecular weight is 443 g/mol. The lowest BCUT2D eigenvalue weighted by molar-refractivity contribution is -0.385. The number of nitrogens with zero attached hydrogens (tertiary/aromatic N) is 3. The molecule has 0 aliphatic carbocycles. The van der Waals surface area contributed by atoms with Crippen LogP contribution in [0.1, 0.15) is 15.2 Å². The number of rotatable bonds is 10. The number of ketones is 1. The van der Waals surface area contributed by atoms with E-state index in [1.165, 1.54) is 18.2 Å². The van der Waals surface area contributed by atoms with Gasteiger partial charge in [-0.15, -0.1) is 0 Å². The van der Waals surface area contributed by atoms with Crippen molar-refractivity contribution in [3.8, 4) is 0 Å². The summed E-state index contributed by atoms with van der Waals surface area (Å²) in [6.45, 7) is 0.727. The molecule has 0 radical (unpaired) electrons. The number of nitrogens with two attached hydrogens (primary N) is 1. The second-order valence-electron chi connectivity index (χ2n) is 6.44. The Bertz CT molecular complexity index is 1060. The number of nitrogen functional groups attached to an aromatic ring is 1. The molecule has 10 nitrogen and oxygen atoms in total. The van der Waals surface area contributed by atoms with E-state index in [0.717, 1.165) is 17.0 Å². The zero-order chi connectivity index (χ0) is 22.4. The summed E-state index contributed by atoms with van der Waals surface area (Å²) in [7, 11) is 0. The summed E-state index contributed by atoms with van der Waals surface area (Å²) >= 11 is 1.01. The molecule has 11 heteroatoms. The predicted molar refractivity (Wildman–Crippen MR) is 119 cm³/mol. The summed E-state index contributed by atoms with van der Waals surface area (Å²) in [4.78, 5) is 29.5. The van der Waals surface area contributed by atoms with E-state index in [0.29, 0.717) is 23.9 Å². The highest BCUT2D eigenvalue weighted by molar-refractivity contribution is 7.18. The van der Waals surface area contributed by atoms with Gasteiger partial charge in [0.25, 0.3) is 5.69 Å². The van der Waals surface area contributed by atoms with Crippen LogP contribution in [0.25, 0.3) is 0 Å². The Morgan fingerprint density at radius 3 is 2.39 bits per heavy atom. The molecule has 31 heavy (non-hydrogen) atoms. The van der Waals surface area contributed by atoms with Crippen LogP contribution in [0, 0.1) is 10.1 Å². The minimum absolute atomic E-state index is 0.00987. The Morgan fingerprint density at radius 1 is 1.13 bits per heavy atom. The van der Waals surface area contributed by atoms with Gasteiger partial charge in [0.15, 0.2) is 5.13 Å². The summed E-state index contributed by atoms with van der Waals surface area (Å²) in [5, 5.41) is 33.0. The second kappa shape index (κ2) is 9.98. The normalized spacial score (nSPS) is 10.6. The molecule has 0 saturated carbocycles. The molecule has 162 valence electrons. The molecule has 0 aliphatic heterocycles. The fourth-order valence-corrected chi connectivity index (χ4v) is 3.84. The van der Waals surface area contributed by atoms with Crippen LogP contribution in [0.3, 0.4) is 0 Å². The maximum atomic E-state index is 12.8. The standard InChI is InChI=1S/C20H21N5O5S/c21-19-18(17(28)15-3-1-2-4-16(15)25(29)30)31-20(23-19)22-13-5-7-14(8-6-13)24(9-11-26)10-12-27/h1-8,26-27H,9-12,21H2,(H,22,23). The molecular weight excluding hydrogens is 422 g/mol. The maximum absolute atomic E-state index is 12.8. The molecule has 1 heterocycles. The third kappa shape index (κ3) is 5.15. The highest BCUT2D eigenvalue weighted by Gasteiger charge is 2.25. The number of aliphatic hydroxyl groups excluding tert-OH is 2. The van der Waals surface area contributed by atoms with Gasteiger partial charge in [-0.05, 0) is 30.3 Å². The van der Waals surface area contributed by atoms with Crippen LogP contribution in [0.15, 0.2) is 48.5 Å². The topological polar surface area (TPSA) is 155 Å². The molecule has 3 rings (SSSR count). The Hall–Kier alpha value is -3.54. The number of carbonyl (C=O) groups is 1. The maximum Gasteiger partial charge on any atom is 0.280 e. The minimum atomic E-state index is -0.609. The van der Waals surface area contributed by atoms with Gasteiger partial charge in [0.05, 0.1) is 18.1 Å². The summed E-state index contributed by atoms with van der Waals surface area (Å²) in [6.07, 6.45) is 0. The number of thiazole rings is 1. The van der Waals surface area contributed by atoms with Crippen LogP contribution in [-0.4, -0.2) is 52.2 Å². The van der Waals surface area contributed by atoms with Crippen molar-refractivity contribution in [3.63, 3.8) is 0 Å². The number of para-hydroxylation sites is 1. The van der Waals surface area contributed by atoms with Gasteiger partial charge in [-0.1, -0.05) is 23.5 Å². The van der Waals surface area contributed by atoms with Gasteiger partial charge in [-0.3, -0.25) is 14.9 Å². The SMILES string of the molecule is Nc1nc(Nc2ccc(N(CCO)CCO)cc2)sc1C(=O)c1ccccc1[N+](=O)[O-]. The molecule has 0 amide bonds. The minimum Gasteiger partial charge on any atom is -0.395 e. The Kier molecular flexibility index (Phi) is 7.13. The molecule has 0 bridgehead atoms. The summed E-state index contributed by atoms with van der Waals surface area (Å²) in [5.74, 6) is -0.571. The van der Waals surface area contributed by atoms with Crippen molar-refractivity contribution in [2.45, 2.75) is 0 Å². The van der Waals surface area contributed by atoms with E-state index in [-0.39, 0.29) is 35.2 Å². The van der Waals surface area contributed by atoms with Crippen molar-refractivity contribution in [2.75, 3.05) is 42.3 Å². The molecule has 2 aromatic carbocycles. The van der Waals surface area contributed by atoms with Crippen molar-refractivity contribution in [3.05, 3.63) is 69.1 Å². The number of carbonyl (C=O) groups excluding carboxylic acids is 1. The Morgan fingerprint density at radius 2 is 1.77 bits per heavy atom. The van der Waals surface area contributed by atoms with Crippen LogP contribution in [0.4, 0.5) is 28.0 Å². The Labute approximate surface area is 181 Å². The fraction of sp³-hybridized carbons (Fsp3) is 0.200. The lowest BCUT2D eigenvalue weighted by atomic mass is 10.1. The van der Waals surface area contributed by atoms with Crippen molar-refractivity contribution >= 4 is 45.1 Å². The van der Waals surface area contributed by atoms with Crippen LogP contribution in [0.5, 0.6) is 0 Å². The first-order valence-electron chi connectivity index (χ1n) is 9.32. The number of anilines is 4. The van der Waals surface area contributed by atoms with E-state index in [1.807, 2.05) is 17.0 Å². The van der Waals surface area contributed by atoms with Crippen molar-refractivity contribution in [1.29, 1.82) is 0 Å². The third-order valence-electron chi connectivity index (χ3n) is 4.43. The molecule has 0 fully saturated rings. The van der Waals surface area contributed by atoms with Gasteiger partial charge in [-0.25, -0.2) is 4.98 Å². The molecular formula is C20H21N5O5S. The number of aromatic nitrogens is 1. The highest BCUT2D eigenvalue weighted by atomic mass is 32.1. The Balaban J connectivity index is 1.79. The summed E-state index contributed by atoms with van der Waals surface area (Å²) < 4.78 is 0. The molecule has 0 unspecified atom stereocenters. The first kappa shape index (κ1) is 22.2. The van der Waals surface area contributed by atoms with Gasteiger partial charge >= 0.3 is 0 Å². The van der Waals surface area contributed by atoms with E-state index in [2.05, 4.69) is 10.3 Å². The first-order chi connectivity index (χ1) is 14.9. The lowest BCUT2D eigenvalue weighted by Gasteiger charge is -2.23. The number of aliphatic hydroxyl groups is 2. The van der Waals surface area contributed by atoms with Gasteiger partial charge in [0, 0.05) is 30.5 Å². The number of hydrogen-bond donors (Lipinski definition) is 4. The van der Waals surface area contributed by atoms with Crippen molar-refractivity contribution in [2.24, 2.45) is 0 Å². The van der Waals surface area contributed by atoms with Crippen LogP contribution in [-0.2, 0) is 0 Å². The molecule has 1 aromatic heterocycles. The van der Waals surface area contributed by atoms with Gasteiger partial charge in [0.2, 0.25) is 5.78 Å². The van der Waals surface area contributed by atoms with E-state index < -0.39 is 10.7 Å². The summed E-state index contributed by atoms with van der Waals surface area (Å²) in [6, 6.07) is 12.9. The number of hydrogen-bond acceptors (Lipinski definition) is 10.